The van der Waals surface area contributed by atoms with Crippen molar-refractivity contribution < 1.29 is 14.3 Å². The van der Waals surface area contributed by atoms with Gasteiger partial charge in [0.1, 0.15) is 17.5 Å². The van der Waals surface area contributed by atoms with Gasteiger partial charge in [-0.1, -0.05) is 11.6 Å². The molecule has 2 aromatic heterocycles. The smallest absolute Gasteiger partial charge is 0.410 e. The summed E-state index contributed by atoms with van der Waals surface area (Å²) in [5.74, 6) is 0.505. The standard InChI is InChI=1S/C21H30ClN5O3/c1-20(2,3)30-19(29)26-11-10-25(6)16(13-26)17(28)24-21(4,5)18-23-12-15-14(22)8-7-9-27(15)18/h7-9,12,16H,10-11,13H2,1-6H3,(H,24,28)/t16-/m0/s1. The van der Waals surface area contributed by atoms with Crippen LogP contribution in [0.4, 0.5) is 4.79 Å². The van der Waals surface area contributed by atoms with Crippen molar-refractivity contribution in [3.05, 3.63) is 35.4 Å². The molecule has 0 spiro atoms. The third-order valence-corrected chi connectivity index (χ3v) is 5.44. The van der Waals surface area contributed by atoms with Crippen LogP contribution >= 0.6 is 11.6 Å². The third-order valence-electron chi connectivity index (χ3n) is 5.12. The van der Waals surface area contributed by atoms with E-state index >= 15 is 0 Å². The fraction of sp³-hybridized carbons (Fsp3) is 0.571. The summed E-state index contributed by atoms with van der Waals surface area (Å²) in [5.41, 5.74) is -0.547. The van der Waals surface area contributed by atoms with Crippen LogP contribution in [0.5, 0.6) is 0 Å². The lowest BCUT2D eigenvalue weighted by atomic mass is 10.0. The third kappa shape index (κ3) is 4.70. The van der Waals surface area contributed by atoms with E-state index < -0.39 is 23.3 Å². The van der Waals surface area contributed by atoms with Gasteiger partial charge in [-0.3, -0.25) is 9.69 Å². The summed E-state index contributed by atoms with van der Waals surface area (Å²) in [6.07, 6.45) is 3.17. The van der Waals surface area contributed by atoms with Gasteiger partial charge in [-0.15, -0.1) is 0 Å². The molecule has 3 heterocycles. The highest BCUT2D eigenvalue weighted by Gasteiger charge is 2.37. The van der Waals surface area contributed by atoms with Crippen LogP contribution in [0.1, 0.15) is 40.4 Å². The molecule has 1 aliphatic rings. The fourth-order valence-electron chi connectivity index (χ4n) is 3.55. The van der Waals surface area contributed by atoms with Crippen LogP contribution in [-0.4, -0.2) is 69.5 Å². The molecule has 0 aromatic carbocycles. The lowest BCUT2D eigenvalue weighted by Gasteiger charge is -2.40. The van der Waals surface area contributed by atoms with Gasteiger partial charge in [0, 0.05) is 25.8 Å². The van der Waals surface area contributed by atoms with Gasteiger partial charge < -0.3 is 19.4 Å². The van der Waals surface area contributed by atoms with Crippen LogP contribution in [0.2, 0.25) is 5.02 Å². The number of likely N-dealkylation sites (N-methyl/N-ethyl adjacent to an activating group) is 1. The van der Waals surface area contributed by atoms with E-state index in [2.05, 4.69) is 10.3 Å². The minimum atomic E-state index is -0.747. The van der Waals surface area contributed by atoms with E-state index in [1.807, 2.05) is 63.2 Å². The predicted molar refractivity (Wildman–Crippen MR) is 116 cm³/mol. The van der Waals surface area contributed by atoms with Crippen molar-refractivity contribution in [3.63, 3.8) is 0 Å². The van der Waals surface area contributed by atoms with E-state index in [1.165, 1.54) is 0 Å². The average Bonchev–Trinajstić information content (AvgIpc) is 3.06. The Labute approximate surface area is 182 Å². The van der Waals surface area contributed by atoms with Crippen molar-refractivity contribution in [1.29, 1.82) is 0 Å². The molecular weight excluding hydrogens is 406 g/mol. The zero-order chi connectivity index (χ0) is 22.3. The summed E-state index contributed by atoms with van der Waals surface area (Å²) in [5, 5.41) is 3.69. The van der Waals surface area contributed by atoms with Crippen molar-refractivity contribution in [2.75, 3.05) is 26.7 Å². The van der Waals surface area contributed by atoms with E-state index in [0.717, 1.165) is 5.52 Å². The number of carbonyl (C=O) groups is 2. The Hall–Kier alpha value is -2.32. The molecular formula is C21H30ClN5O3. The molecule has 3 rings (SSSR count). The van der Waals surface area contributed by atoms with Gasteiger partial charge in [0.25, 0.3) is 0 Å². The van der Waals surface area contributed by atoms with Crippen molar-refractivity contribution in [2.45, 2.75) is 51.8 Å². The Balaban J connectivity index is 1.76. The summed E-state index contributed by atoms with van der Waals surface area (Å²) in [6, 6.07) is 3.16. The van der Waals surface area contributed by atoms with E-state index in [1.54, 1.807) is 17.2 Å². The Kier molecular flexibility index (Phi) is 6.02. The minimum Gasteiger partial charge on any atom is -0.444 e. The van der Waals surface area contributed by atoms with Crippen LogP contribution in [0.3, 0.4) is 0 Å². The quantitative estimate of drug-likeness (QED) is 0.801. The molecule has 2 aromatic rings. The first kappa shape index (κ1) is 22.4. The number of imidazole rings is 1. The van der Waals surface area contributed by atoms with Crippen molar-refractivity contribution in [2.24, 2.45) is 0 Å². The second-order valence-electron chi connectivity index (χ2n) is 9.23. The first-order valence-corrected chi connectivity index (χ1v) is 10.4. The Bertz CT molecular complexity index is 950. The summed E-state index contributed by atoms with van der Waals surface area (Å²) in [4.78, 5) is 33.7. The van der Waals surface area contributed by atoms with Crippen LogP contribution < -0.4 is 5.32 Å². The number of fused-ring (bicyclic) bond motifs is 1. The topological polar surface area (TPSA) is 79.2 Å². The summed E-state index contributed by atoms with van der Waals surface area (Å²) in [6.45, 7) is 10.6. The van der Waals surface area contributed by atoms with Crippen LogP contribution in [-0.2, 0) is 15.1 Å². The second kappa shape index (κ2) is 8.07. The van der Waals surface area contributed by atoms with Crippen LogP contribution in [0.15, 0.2) is 24.5 Å². The molecule has 0 bridgehead atoms. The highest BCUT2D eigenvalue weighted by Crippen LogP contribution is 2.25. The number of piperazine rings is 1. The van der Waals surface area contributed by atoms with Gasteiger partial charge in [0.15, 0.2) is 0 Å². The highest BCUT2D eigenvalue weighted by molar-refractivity contribution is 6.33. The zero-order valence-electron chi connectivity index (χ0n) is 18.4. The molecule has 0 aliphatic carbocycles. The number of halogens is 1. The lowest BCUT2D eigenvalue weighted by Crippen LogP contribution is -2.61. The molecule has 0 unspecified atom stereocenters. The largest absolute Gasteiger partial charge is 0.444 e. The maximum absolute atomic E-state index is 13.2. The van der Waals surface area contributed by atoms with Gasteiger partial charge in [-0.2, -0.15) is 0 Å². The molecule has 9 heteroatoms. The second-order valence-corrected chi connectivity index (χ2v) is 9.64. The molecule has 8 nitrogen and oxygen atoms in total. The van der Waals surface area contributed by atoms with Crippen molar-refractivity contribution in [1.82, 2.24) is 24.5 Å². The molecule has 0 saturated carbocycles. The molecule has 1 fully saturated rings. The van der Waals surface area contributed by atoms with Crippen molar-refractivity contribution >= 4 is 29.1 Å². The van der Waals surface area contributed by atoms with Gasteiger partial charge in [0.05, 0.1) is 22.3 Å². The number of aromatic nitrogens is 2. The SMILES string of the molecule is CN1CCN(C(=O)OC(C)(C)C)C[C@H]1C(=O)NC(C)(C)c1ncc2c(Cl)cccn12. The molecule has 2 amide bonds. The van der Waals surface area contributed by atoms with Crippen LogP contribution in [0, 0.1) is 0 Å². The molecule has 0 radical (unpaired) electrons. The van der Waals surface area contributed by atoms with E-state index in [0.29, 0.717) is 23.9 Å². The Morgan fingerprint density at radius 1 is 1.23 bits per heavy atom. The number of carbonyl (C=O) groups excluding carboxylic acids is 2. The number of hydrogen-bond acceptors (Lipinski definition) is 5. The number of nitrogens with one attached hydrogen (secondary N) is 1. The van der Waals surface area contributed by atoms with E-state index in [4.69, 9.17) is 16.3 Å². The number of pyridine rings is 1. The Morgan fingerprint density at radius 3 is 2.60 bits per heavy atom. The summed E-state index contributed by atoms with van der Waals surface area (Å²) < 4.78 is 7.35. The van der Waals surface area contributed by atoms with Gasteiger partial charge in [-0.05, 0) is 53.8 Å². The maximum atomic E-state index is 13.2. The summed E-state index contributed by atoms with van der Waals surface area (Å²) in [7, 11) is 1.88. The monoisotopic (exact) mass is 435 g/mol. The van der Waals surface area contributed by atoms with Gasteiger partial charge >= 0.3 is 6.09 Å². The fourth-order valence-corrected chi connectivity index (χ4v) is 3.76. The normalized spacial score (nSPS) is 18.5. The number of rotatable bonds is 3. The Morgan fingerprint density at radius 2 is 1.93 bits per heavy atom. The maximum Gasteiger partial charge on any atom is 0.410 e. The molecule has 30 heavy (non-hydrogen) atoms. The van der Waals surface area contributed by atoms with E-state index in [9.17, 15) is 9.59 Å². The number of ether oxygens (including phenoxy) is 1. The van der Waals surface area contributed by atoms with Gasteiger partial charge in [0.2, 0.25) is 5.91 Å². The molecule has 1 aliphatic heterocycles. The molecule has 1 N–H and O–H groups in total. The molecule has 1 atom stereocenters. The molecule has 164 valence electrons. The van der Waals surface area contributed by atoms with E-state index in [-0.39, 0.29) is 12.5 Å². The molecule has 1 saturated heterocycles. The van der Waals surface area contributed by atoms with Crippen molar-refractivity contribution in [3.8, 4) is 0 Å². The average molecular weight is 436 g/mol. The number of nitrogens with zero attached hydrogens (tertiary/aromatic N) is 4. The van der Waals surface area contributed by atoms with Gasteiger partial charge in [-0.25, -0.2) is 9.78 Å². The first-order chi connectivity index (χ1) is 13.9. The highest BCUT2D eigenvalue weighted by atomic mass is 35.5. The predicted octanol–water partition coefficient (Wildman–Crippen LogP) is 2.89. The summed E-state index contributed by atoms with van der Waals surface area (Å²) >= 11 is 6.25. The minimum absolute atomic E-state index is 0.172. The lowest BCUT2D eigenvalue weighted by molar-refractivity contribution is -0.129. The number of amides is 2. The number of hydrogen-bond donors (Lipinski definition) is 1. The van der Waals surface area contributed by atoms with Crippen LogP contribution in [0.25, 0.3) is 5.52 Å². The first-order valence-electron chi connectivity index (χ1n) is 10.0. The zero-order valence-corrected chi connectivity index (χ0v) is 19.2.